The van der Waals surface area contributed by atoms with Gasteiger partial charge in [0.05, 0.1) is 12.3 Å². The number of hydrogen-bond donors (Lipinski definition) is 4. The first-order valence-corrected chi connectivity index (χ1v) is 8.10. The number of rotatable bonds is 6. The van der Waals surface area contributed by atoms with Gasteiger partial charge in [0.25, 0.3) is 0 Å². The fraction of sp³-hybridized carbons (Fsp3) is 0.133. The minimum Gasteiger partial charge on any atom is -0.508 e. The third-order valence-electron chi connectivity index (χ3n) is 3.24. The van der Waals surface area contributed by atoms with Gasteiger partial charge < -0.3 is 25.2 Å². The Morgan fingerprint density at radius 3 is 2.80 bits per heavy atom. The lowest BCUT2D eigenvalue weighted by atomic mass is 10.2. The van der Waals surface area contributed by atoms with E-state index >= 15 is 0 Å². The second kappa shape index (κ2) is 7.18. The summed E-state index contributed by atoms with van der Waals surface area (Å²) in [5.41, 5.74) is 3.10. The van der Waals surface area contributed by atoms with Crippen molar-refractivity contribution >= 4 is 11.8 Å². The molecular formula is C15H14N4O5S. The number of hydrogen-bond acceptors (Lipinski definition) is 9. The minimum absolute atomic E-state index is 0.0165. The molecule has 0 unspecified atom stereocenters. The fourth-order valence-corrected chi connectivity index (χ4v) is 2.74. The molecule has 25 heavy (non-hydrogen) atoms. The highest BCUT2D eigenvalue weighted by molar-refractivity contribution is 7.98. The summed E-state index contributed by atoms with van der Waals surface area (Å²) < 4.78 is 6.69. The maximum atomic E-state index is 11.4. The summed E-state index contributed by atoms with van der Waals surface area (Å²) in [6, 6.07) is 5.54. The van der Waals surface area contributed by atoms with E-state index in [2.05, 4.69) is 15.6 Å². The molecule has 0 saturated heterocycles. The third-order valence-corrected chi connectivity index (χ3v) is 4.20. The van der Waals surface area contributed by atoms with Gasteiger partial charge >= 0.3 is 0 Å². The summed E-state index contributed by atoms with van der Waals surface area (Å²) in [4.78, 5) is 11.4. The smallest absolute Gasteiger partial charge is 0.226 e. The van der Waals surface area contributed by atoms with Gasteiger partial charge in [0.15, 0.2) is 5.75 Å². The fourth-order valence-electron chi connectivity index (χ4n) is 1.96. The Hall–Kier alpha value is -3.14. The van der Waals surface area contributed by atoms with Crippen molar-refractivity contribution in [3.05, 3.63) is 58.4 Å². The summed E-state index contributed by atoms with van der Waals surface area (Å²) in [6.45, 7) is 0.284. The molecular weight excluding hydrogens is 348 g/mol. The number of nitrogens with zero attached hydrogens (tertiary/aromatic N) is 3. The van der Waals surface area contributed by atoms with E-state index in [1.54, 1.807) is 10.7 Å². The first-order chi connectivity index (χ1) is 12.0. The molecule has 0 amide bonds. The standard InChI is InChI=1S/C15H14N4O5S/c20-10-2-1-9(12(21)3-10)5-17-19-8-16-18-15(19)25-7-11-4-13(22)14(23)6-24-11/h1-4,6,8,17,20-21,23H,5,7H2. The van der Waals surface area contributed by atoms with Gasteiger partial charge in [-0.15, -0.1) is 10.2 Å². The summed E-state index contributed by atoms with van der Waals surface area (Å²) >= 11 is 1.27. The number of phenols is 2. The number of benzene rings is 1. The molecule has 0 fully saturated rings. The molecule has 4 N–H and O–H groups in total. The zero-order valence-electron chi connectivity index (χ0n) is 12.8. The van der Waals surface area contributed by atoms with Crippen molar-refractivity contribution in [3.63, 3.8) is 0 Å². The Labute approximate surface area is 145 Å². The first-order valence-electron chi connectivity index (χ1n) is 7.11. The van der Waals surface area contributed by atoms with Crippen LogP contribution in [0.4, 0.5) is 0 Å². The summed E-state index contributed by atoms with van der Waals surface area (Å²) in [6.07, 6.45) is 2.46. The van der Waals surface area contributed by atoms with E-state index < -0.39 is 11.2 Å². The van der Waals surface area contributed by atoms with Crippen LogP contribution >= 0.6 is 11.8 Å². The van der Waals surface area contributed by atoms with Crippen molar-refractivity contribution in [1.29, 1.82) is 0 Å². The molecule has 0 bridgehead atoms. The number of thioether (sulfide) groups is 1. The molecule has 9 nitrogen and oxygen atoms in total. The molecule has 0 radical (unpaired) electrons. The highest BCUT2D eigenvalue weighted by Crippen LogP contribution is 2.23. The number of phenolic OH excluding ortho intramolecular Hbond substituents is 2. The van der Waals surface area contributed by atoms with Crippen molar-refractivity contribution in [2.24, 2.45) is 0 Å². The van der Waals surface area contributed by atoms with Crippen LogP contribution in [0.3, 0.4) is 0 Å². The largest absolute Gasteiger partial charge is 0.508 e. The molecule has 3 rings (SSSR count). The number of aromatic nitrogens is 3. The summed E-state index contributed by atoms with van der Waals surface area (Å²) in [7, 11) is 0. The van der Waals surface area contributed by atoms with Crippen molar-refractivity contribution < 1.29 is 19.7 Å². The lowest BCUT2D eigenvalue weighted by Crippen LogP contribution is -2.14. The van der Waals surface area contributed by atoms with Gasteiger partial charge in [0, 0.05) is 17.7 Å². The van der Waals surface area contributed by atoms with Crippen molar-refractivity contribution in [3.8, 4) is 17.2 Å². The van der Waals surface area contributed by atoms with Crippen LogP contribution in [0.2, 0.25) is 0 Å². The Morgan fingerprint density at radius 1 is 1.20 bits per heavy atom. The van der Waals surface area contributed by atoms with Crippen molar-refractivity contribution in [2.45, 2.75) is 17.5 Å². The van der Waals surface area contributed by atoms with Crippen LogP contribution in [-0.2, 0) is 12.3 Å². The number of nitrogens with one attached hydrogen (secondary N) is 1. The average Bonchev–Trinajstić information content (AvgIpc) is 3.02. The Bertz CT molecular complexity index is 940. The second-order valence-electron chi connectivity index (χ2n) is 5.02. The lowest BCUT2D eigenvalue weighted by molar-refractivity contribution is 0.419. The topological polar surface area (TPSA) is 134 Å². The van der Waals surface area contributed by atoms with Gasteiger partial charge in [-0.2, -0.15) is 0 Å². The normalized spacial score (nSPS) is 10.7. The third kappa shape index (κ3) is 4.04. The van der Waals surface area contributed by atoms with Crippen LogP contribution in [0.5, 0.6) is 17.2 Å². The Morgan fingerprint density at radius 2 is 2.04 bits per heavy atom. The molecule has 0 aliphatic carbocycles. The van der Waals surface area contributed by atoms with Gasteiger partial charge in [-0.3, -0.25) is 4.79 Å². The van der Waals surface area contributed by atoms with Crippen LogP contribution in [-0.4, -0.2) is 30.2 Å². The van der Waals surface area contributed by atoms with Gasteiger partial charge in [-0.1, -0.05) is 11.8 Å². The van der Waals surface area contributed by atoms with Crippen molar-refractivity contribution in [1.82, 2.24) is 14.9 Å². The lowest BCUT2D eigenvalue weighted by Gasteiger charge is -2.10. The van der Waals surface area contributed by atoms with Gasteiger partial charge in [-0.25, -0.2) is 4.68 Å². The van der Waals surface area contributed by atoms with Crippen LogP contribution < -0.4 is 10.9 Å². The molecule has 2 aromatic heterocycles. The van der Waals surface area contributed by atoms with Crippen LogP contribution in [0.25, 0.3) is 0 Å². The predicted molar refractivity (Wildman–Crippen MR) is 89.1 cm³/mol. The van der Waals surface area contributed by atoms with E-state index in [0.29, 0.717) is 22.2 Å². The molecule has 1 aromatic carbocycles. The maximum absolute atomic E-state index is 11.4. The molecule has 3 aromatic rings. The van der Waals surface area contributed by atoms with E-state index in [9.17, 15) is 20.1 Å². The van der Waals surface area contributed by atoms with E-state index in [-0.39, 0.29) is 18.0 Å². The molecule has 10 heteroatoms. The maximum Gasteiger partial charge on any atom is 0.226 e. The highest BCUT2D eigenvalue weighted by Gasteiger charge is 2.09. The molecule has 0 atom stereocenters. The summed E-state index contributed by atoms with van der Waals surface area (Å²) in [5.74, 6) is 0.226. The zero-order chi connectivity index (χ0) is 17.8. The van der Waals surface area contributed by atoms with Crippen LogP contribution in [0, 0.1) is 0 Å². The first kappa shape index (κ1) is 16.7. The minimum atomic E-state index is -0.510. The van der Waals surface area contributed by atoms with Crippen LogP contribution in [0.1, 0.15) is 11.3 Å². The zero-order valence-corrected chi connectivity index (χ0v) is 13.6. The monoisotopic (exact) mass is 362 g/mol. The van der Waals surface area contributed by atoms with Gasteiger partial charge in [-0.05, 0) is 12.1 Å². The molecule has 2 heterocycles. The Kier molecular flexibility index (Phi) is 4.80. The highest BCUT2D eigenvalue weighted by atomic mass is 32.2. The van der Waals surface area contributed by atoms with Crippen molar-refractivity contribution in [2.75, 3.05) is 5.43 Å². The molecule has 130 valence electrons. The molecule has 0 saturated carbocycles. The Balaban J connectivity index is 1.64. The van der Waals surface area contributed by atoms with Gasteiger partial charge in [0.2, 0.25) is 10.6 Å². The molecule has 0 spiro atoms. The van der Waals surface area contributed by atoms with Gasteiger partial charge in [0.1, 0.15) is 29.8 Å². The van der Waals surface area contributed by atoms with E-state index in [1.807, 2.05) is 0 Å². The quantitative estimate of drug-likeness (QED) is 0.480. The average molecular weight is 362 g/mol. The van der Waals surface area contributed by atoms with E-state index in [4.69, 9.17) is 4.42 Å². The summed E-state index contributed by atoms with van der Waals surface area (Å²) in [5, 5.41) is 36.5. The predicted octanol–water partition coefficient (Wildman–Crippen LogP) is 1.38. The van der Waals surface area contributed by atoms with E-state index in [1.165, 1.54) is 36.3 Å². The SMILES string of the molecule is O=c1cc(CSc2nncn2NCc2ccc(O)cc2O)occ1O. The van der Waals surface area contributed by atoms with E-state index in [0.717, 1.165) is 6.26 Å². The molecule has 0 aliphatic rings. The van der Waals surface area contributed by atoms with Crippen LogP contribution in [0.15, 0.2) is 51.2 Å². The molecule has 0 aliphatic heterocycles. The second-order valence-corrected chi connectivity index (χ2v) is 5.96. The number of aromatic hydroxyl groups is 3.